The van der Waals surface area contributed by atoms with Crippen LogP contribution in [0.15, 0.2) is 11.6 Å². The van der Waals surface area contributed by atoms with Crippen molar-refractivity contribution in [1.82, 2.24) is 0 Å². The quantitative estimate of drug-likeness (QED) is 0.426. The normalized spacial score (nSPS) is 15.1. The first-order valence-electron chi connectivity index (χ1n) is 9.27. The second kappa shape index (κ2) is 12.7. The lowest BCUT2D eigenvalue weighted by atomic mass is 9.91. The largest absolute Gasteiger partial charge is 0.366 e. The summed E-state index contributed by atoms with van der Waals surface area (Å²) in [6.07, 6.45) is 13.2. The molecule has 0 saturated carbocycles. The van der Waals surface area contributed by atoms with Crippen LogP contribution in [0, 0.1) is 17.8 Å². The molecule has 0 aliphatic rings. The molecular formula is C20H39NO. The highest BCUT2D eigenvalue weighted by Gasteiger charge is 2.06. The van der Waals surface area contributed by atoms with Gasteiger partial charge in [-0.25, -0.2) is 0 Å². The Morgan fingerprint density at radius 1 is 0.864 bits per heavy atom. The van der Waals surface area contributed by atoms with E-state index in [1.54, 1.807) is 6.08 Å². The van der Waals surface area contributed by atoms with Gasteiger partial charge in [0.15, 0.2) is 0 Å². The van der Waals surface area contributed by atoms with Gasteiger partial charge in [-0.1, -0.05) is 78.2 Å². The molecule has 0 aromatic rings. The summed E-state index contributed by atoms with van der Waals surface area (Å²) in [6, 6.07) is 0. The first kappa shape index (κ1) is 21.2. The van der Waals surface area contributed by atoms with E-state index in [-0.39, 0.29) is 5.91 Å². The Morgan fingerprint density at radius 3 is 1.77 bits per heavy atom. The van der Waals surface area contributed by atoms with E-state index in [0.29, 0.717) is 0 Å². The highest BCUT2D eigenvalue weighted by Crippen LogP contribution is 2.21. The summed E-state index contributed by atoms with van der Waals surface area (Å²) >= 11 is 0. The van der Waals surface area contributed by atoms with E-state index in [1.807, 2.05) is 6.92 Å². The molecule has 0 heterocycles. The van der Waals surface area contributed by atoms with E-state index in [9.17, 15) is 4.79 Å². The number of rotatable bonds is 13. The van der Waals surface area contributed by atoms with Gasteiger partial charge in [-0.3, -0.25) is 4.79 Å². The summed E-state index contributed by atoms with van der Waals surface area (Å²) in [5, 5.41) is 0. The number of nitrogens with two attached hydrogens (primary N) is 1. The number of allylic oxidation sites excluding steroid dienone is 1. The van der Waals surface area contributed by atoms with E-state index >= 15 is 0 Å². The zero-order valence-corrected chi connectivity index (χ0v) is 15.7. The maximum Gasteiger partial charge on any atom is 0.241 e. The molecule has 0 spiro atoms. The lowest BCUT2D eigenvalue weighted by Crippen LogP contribution is -2.06. The molecule has 0 saturated heterocycles. The molecule has 130 valence electrons. The second-order valence-electron chi connectivity index (χ2n) is 7.75. The topological polar surface area (TPSA) is 43.1 Å². The summed E-state index contributed by atoms with van der Waals surface area (Å²) < 4.78 is 0. The van der Waals surface area contributed by atoms with Crippen LogP contribution in [0.1, 0.15) is 92.4 Å². The van der Waals surface area contributed by atoms with Gasteiger partial charge in [-0.05, 0) is 37.5 Å². The lowest BCUT2D eigenvalue weighted by Gasteiger charge is -2.15. The Bertz CT molecular complexity index is 320. The van der Waals surface area contributed by atoms with Crippen LogP contribution in [-0.4, -0.2) is 5.91 Å². The Balaban J connectivity index is 3.60. The summed E-state index contributed by atoms with van der Waals surface area (Å²) in [7, 11) is 0. The Labute approximate surface area is 138 Å². The zero-order chi connectivity index (χ0) is 17.0. The third kappa shape index (κ3) is 14.2. The van der Waals surface area contributed by atoms with Crippen LogP contribution in [0.25, 0.3) is 0 Å². The smallest absolute Gasteiger partial charge is 0.241 e. The average Bonchev–Trinajstić information content (AvgIpc) is 2.37. The minimum absolute atomic E-state index is 0.322. The molecule has 0 radical (unpaired) electrons. The lowest BCUT2D eigenvalue weighted by molar-refractivity contribution is -0.113. The van der Waals surface area contributed by atoms with Gasteiger partial charge in [0, 0.05) is 6.08 Å². The molecule has 0 bridgehead atoms. The van der Waals surface area contributed by atoms with Crippen molar-refractivity contribution in [3.05, 3.63) is 11.6 Å². The Morgan fingerprint density at radius 2 is 1.32 bits per heavy atom. The van der Waals surface area contributed by atoms with E-state index in [1.165, 1.54) is 51.4 Å². The highest BCUT2D eigenvalue weighted by atomic mass is 16.1. The van der Waals surface area contributed by atoms with Crippen molar-refractivity contribution in [2.24, 2.45) is 23.5 Å². The summed E-state index contributed by atoms with van der Waals surface area (Å²) in [5.41, 5.74) is 6.26. The molecule has 2 heteroatoms. The van der Waals surface area contributed by atoms with Crippen molar-refractivity contribution < 1.29 is 4.79 Å². The van der Waals surface area contributed by atoms with E-state index < -0.39 is 0 Å². The number of carbonyl (C=O) groups excluding carboxylic acids is 1. The Hall–Kier alpha value is -0.790. The van der Waals surface area contributed by atoms with Crippen LogP contribution in [0.4, 0.5) is 0 Å². The average molecular weight is 310 g/mol. The van der Waals surface area contributed by atoms with Crippen LogP contribution in [0.5, 0.6) is 0 Å². The molecule has 0 aromatic heterocycles. The summed E-state index contributed by atoms with van der Waals surface area (Å²) in [5.74, 6) is 2.20. The maximum absolute atomic E-state index is 10.8. The minimum atomic E-state index is -0.322. The van der Waals surface area contributed by atoms with Gasteiger partial charge in [0.25, 0.3) is 0 Å². The van der Waals surface area contributed by atoms with Crippen molar-refractivity contribution in [2.45, 2.75) is 92.4 Å². The van der Waals surface area contributed by atoms with Gasteiger partial charge < -0.3 is 5.73 Å². The number of carbonyl (C=O) groups is 1. The molecule has 22 heavy (non-hydrogen) atoms. The predicted octanol–water partition coefficient (Wildman–Crippen LogP) is 5.86. The predicted molar refractivity (Wildman–Crippen MR) is 97.7 cm³/mol. The third-order valence-electron chi connectivity index (χ3n) is 4.53. The SMILES string of the molecule is C/C(=C\C(N)=O)CCC[C@H](C)CCC[C@H](C)CCCC(C)C. The van der Waals surface area contributed by atoms with E-state index in [0.717, 1.165) is 29.7 Å². The van der Waals surface area contributed by atoms with Gasteiger partial charge in [-0.2, -0.15) is 0 Å². The molecule has 0 fully saturated rings. The van der Waals surface area contributed by atoms with Crippen molar-refractivity contribution in [1.29, 1.82) is 0 Å². The van der Waals surface area contributed by atoms with Crippen LogP contribution < -0.4 is 5.73 Å². The van der Waals surface area contributed by atoms with Crippen LogP contribution >= 0.6 is 0 Å². The van der Waals surface area contributed by atoms with Crippen LogP contribution in [0.3, 0.4) is 0 Å². The first-order chi connectivity index (χ1) is 10.3. The first-order valence-corrected chi connectivity index (χ1v) is 9.27. The monoisotopic (exact) mass is 309 g/mol. The van der Waals surface area contributed by atoms with Gasteiger partial charge >= 0.3 is 0 Å². The van der Waals surface area contributed by atoms with Crippen molar-refractivity contribution in [3.63, 3.8) is 0 Å². The van der Waals surface area contributed by atoms with Crippen LogP contribution in [-0.2, 0) is 4.79 Å². The molecule has 0 rings (SSSR count). The standard InChI is InChI=1S/C20H39NO/c1-16(2)9-6-10-17(3)11-7-12-18(4)13-8-14-19(5)15-20(21)22/h15-18H,6-14H2,1-5H3,(H2,21,22)/b19-15+/t17-,18-/m1/s1. The number of primary amides is 1. The van der Waals surface area contributed by atoms with Crippen molar-refractivity contribution >= 4 is 5.91 Å². The molecule has 0 aliphatic carbocycles. The fourth-order valence-electron chi connectivity index (χ4n) is 3.02. The fourth-order valence-corrected chi connectivity index (χ4v) is 3.02. The molecular weight excluding hydrogens is 270 g/mol. The van der Waals surface area contributed by atoms with Gasteiger partial charge in [-0.15, -0.1) is 0 Å². The van der Waals surface area contributed by atoms with Crippen molar-refractivity contribution in [2.75, 3.05) is 0 Å². The number of amides is 1. The van der Waals surface area contributed by atoms with Crippen molar-refractivity contribution in [3.8, 4) is 0 Å². The summed E-state index contributed by atoms with van der Waals surface area (Å²) in [6.45, 7) is 11.4. The molecule has 1 amide bonds. The van der Waals surface area contributed by atoms with Gasteiger partial charge in [0.2, 0.25) is 5.91 Å². The number of hydrogen-bond donors (Lipinski definition) is 1. The van der Waals surface area contributed by atoms with Gasteiger partial charge in [0.1, 0.15) is 0 Å². The highest BCUT2D eigenvalue weighted by molar-refractivity contribution is 5.86. The molecule has 2 N–H and O–H groups in total. The Kier molecular flexibility index (Phi) is 12.3. The minimum Gasteiger partial charge on any atom is -0.366 e. The van der Waals surface area contributed by atoms with Gasteiger partial charge in [0.05, 0.1) is 0 Å². The summed E-state index contributed by atoms with van der Waals surface area (Å²) in [4.78, 5) is 10.8. The van der Waals surface area contributed by atoms with E-state index in [2.05, 4.69) is 27.7 Å². The number of hydrogen-bond acceptors (Lipinski definition) is 1. The molecule has 0 aliphatic heterocycles. The fraction of sp³-hybridized carbons (Fsp3) is 0.850. The molecule has 0 aromatic carbocycles. The third-order valence-corrected chi connectivity index (χ3v) is 4.53. The van der Waals surface area contributed by atoms with E-state index in [4.69, 9.17) is 5.73 Å². The van der Waals surface area contributed by atoms with Crippen LogP contribution in [0.2, 0.25) is 0 Å². The maximum atomic E-state index is 10.8. The zero-order valence-electron chi connectivity index (χ0n) is 15.7. The molecule has 2 nitrogen and oxygen atoms in total. The molecule has 0 unspecified atom stereocenters. The second-order valence-corrected chi connectivity index (χ2v) is 7.75. The molecule has 2 atom stereocenters.